The van der Waals surface area contributed by atoms with Gasteiger partial charge in [0.05, 0.1) is 4.90 Å². The van der Waals surface area contributed by atoms with Crippen molar-refractivity contribution in [2.75, 3.05) is 0 Å². The van der Waals surface area contributed by atoms with Crippen LogP contribution in [0.4, 0.5) is 0 Å². The van der Waals surface area contributed by atoms with Crippen LogP contribution in [-0.2, 0) is 16.5 Å². The standard InChI is InChI=1S/C19H14O3S/c20-23(21,22)15-10-8-13(9-11-15)16-6-3-7-18-17-5-2-1-4-14(17)12-19(16)18/h1-11H,12H2,(H,20,21,22). The first kappa shape index (κ1) is 14.2. The van der Waals surface area contributed by atoms with Gasteiger partial charge in [-0.2, -0.15) is 8.42 Å². The number of fused-ring (bicyclic) bond motifs is 3. The lowest BCUT2D eigenvalue weighted by molar-refractivity contribution is 0.483. The fourth-order valence-corrected chi connectivity index (χ4v) is 3.71. The average molecular weight is 322 g/mol. The maximum Gasteiger partial charge on any atom is 0.294 e. The Balaban J connectivity index is 1.83. The van der Waals surface area contributed by atoms with Gasteiger partial charge in [0, 0.05) is 0 Å². The van der Waals surface area contributed by atoms with E-state index in [1.807, 2.05) is 24.3 Å². The van der Waals surface area contributed by atoms with Crippen molar-refractivity contribution < 1.29 is 13.0 Å². The minimum absolute atomic E-state index is 0.0860. The smallest absolute Gasteiger partial charge is 0.282 e. The Kier molecular flexibility index (Phi) is 3.11. The first-order valence-corrected chi connectivity index (χ1v) is 8.76. The van der Waals surface area contributed by atoms with Crippen LogP contribution in [-0.4, -0.2) is 13.0 Å². The average Bonchev–Trinajstić information content (AvgIpc) is 2.93. The summed E-state index contributed by atoms with van der Waals surface area (Å²) in [6.45, 7) is 0. The summed E-state index contributed by atoms with van der Waals surface area (Å²) in [6, 6.07) is 20.9. The minimum Gasteiger partial charge on any atom is -0.282 e. The first-order chi connectivity index (χ1) is 11.0. The van der Waals surface area contributed by atoms with Crippen LogP contribution in [0.15, 0.2) is 71.6 Å². The summed E-state index contributed by atoms with van der Waals surface area (Å²) in [5, 5.41) is 0. The molecule has 0 fully saturated rings. The summed E-state index contributed by atoms with van der Waals surface area (Å²) < 4.78 is 31.4. The Morgan fingerprint density at radius 1 is 0.739 bits per heavy atom. The van der Waals surface area contributed by atoms with Crippen LogP contribution in [0.3, 0.4) is 0 Å². The minimum atomic E-state index is -4.16. The van der Waals surface area contributed by atoms with Gasteiger partial charge in [0.2, 0.25) is 0 Å². The number of benzene rings is 3. The second-order valence-electron chi connectivity index (χ2n) is 5.67. The molecule has 0 aliphatic heterocycles. The molecule has 3 aromatic carbocycles. The molecule has 4 rings (SSSR count). The molecule has 0 unspecified atom stereocenters. The van der Waals surface area contributed by atoms with Crippen molar-refractivity contribution in [2.24, 2.45) is 0 Å². The molecule has 0 saturated heterocycles. The Labute approximate surface area is 135 Å². The lowest BCUT2D eigenvalue weighted by Crippen LogP contribution is -1.97. The molecule has 0 heterocycles. The molecule has 0 bridgehead atoms. The maximum absolute atomic E-state index is 11.2. The Hall–Kier alpha value is -2.43. The monoisotopic (exact) mass is 322 g/mol. The summed E-state index contributed by atoms with van der Waals surface area (Å²) in [5.41, 5.74) is 7.11. The topological polar surface area (TPSA) is 54.4 Å². The Morgan fingerprint density at radius 2 is 1.39 bits per heavy atom. The molecular formula is C19H14O3S. The van der Waals surface area contributed by atoms with E-state index in [-0.39, 0.29) is 4.90 Å². The molecule has 0 spiro atoms. The Morgan fingerprint density at radius 3 is 2.13 bits per heavy atom. The molecule has 0 saturated carbocycles. The van der Waals surface area contributed by atoms with Gasteiger partial charge in [-0.15, -0.1) is 0 Å². The predicted molar refractivity (Wildman–Crippen MR) is 89.9 cm³/mol. The van der Waals surface area contributed by atoms with Gasteiger partial charge >= 0.3 is 0 Å². The lowest BCUT2D eigenvalue weighted by atomic mass is 9.96. The van der Waals surface area contributed by atoms with E-state index in [0.29, 0.717) is 0 Å². The van der Waals surface area contributed by atoms with Crippen LogP contribution in [0.5, 0.6) is 0 Å². The second-order valence-corrected chi connectivity index (χ2v) is 7.09. The fraction of sp³-hybridized carbons (Fsp3) is 0.0526. The van der Waals surface area contributed by atoms with E-state index in [1.165, 1.54) is 34.4 Å². The molecule has 0 aromatic heterocycles. The molecule has 3 aromatic rings. The van der Waals surface area contributed by atoms with Crippen molar-refractivity contribution in [1.82, 2.24) is 0 Å². The van der Waals surface area contributed by atoms with E-state index in [9.17, 15) is 8.42 Å². The van der Waals surface area contributed by atoms with Gasteiger partial charge in [0.15, 0.2) is 0 Å². The van der Waals surface area contributed by atoms with Gasteiger partial charge in [0.25, 0.3) is 10.1 Å². The fourth-order valence-electron chi connectivity index (χ4n) is 3.23. The van der Waals surface area contributed by atoms with Gasteiger partial charge in [-0.25, -0.2) is 0 Å². The van der Waals surface area contributed by atoms with Gasteiger partial charge < -0.3 is 0 Å². The first-order valence-electron chi connectivity index (χ1n) is 7.32. The number of hydrogen-bond donors (Lipinski definition) is 1. The highest BCUT2D eigenvalue weighted by Gasteiger charge is 2.21. The summed E-state index contributed by atoms with van der Waals surface area (Å²) >= 11 is 0. The van der Waals surface area contributed by atoms with E-state index in [2.05, 4.69) is 18.2 Å². The zero-order valence-electron chi connectivity index (χ0n) is 12.2. The molecule has 0 radical (unpaired) electrons. The molecule has 4 heteroatoms. The second kappa shape index (κ2) is 5.05. The molecule has 1 N–H and O–H groups in total. The summed E-state index contributed by atoms with van der Waals surface area (Å²) in [7, 11) is -4.16. The van der Waals surface area contributed by atoms with Crippen molar-refractivity contribution in [3.63, 3.8) is 0 Å². The van der Waals surface area contributed by atoms with Crippen LogP contribution in [0.1, 0.15) is 11.1 Å². The third-order valence-electron chi connectivity index (χ3n) is 4.31. The summed E-state index contributed by atoms with van der Waals surface area (Å²) in [6.07, 6.45) is 0.877. The third-order valence-corrected chi connectivity index (χ3v) is 5.18. The van der Waals surface area contributed by atoms with Crippen molar-refractivity contribution >= 4 is 10.1 Å². The van der Waals surface area contributed by atoms with E-state index in [1.54, 1.807) is 12.1 Å². The quantitative estimate of drug-likeness (QED) is 0.564. The van der Waals surface area contributed by atoms with Crippen molar-refractivity contribution in [3.8, 4) is 22.3 Å². The highest BCUT2D eigenvalue weighted by atomic mass is 32.2. The van der Waals surface area contributed by atoms with Gasteiger partial charge in [-0.1, -0.05) is 54.6 Å². The SMILES string of the molecule is O=S(=O)(O)c1ccc(-c2cccc3c2Cc2ccccc2-3)cc1. The van der Waals surface area contributed by atoms with Crippen LogP contribution in [0.25, 0.3) is 22.3 Å². The number of rotatable bonds is 2. The van der Waals surface area contributed by atoms with E-state index in [0.717, 1.165) is 17.5 Å². The van der Waals surface area contributed by atoms with E-state index >= 15 is 0 Å². The molecule has 1 aliphatic carbocycles. The van der Waals surface area contributed by atoms with Gasteiger partial charge in [0.1, 0.15) is 0 Å². The van der Waals surface area contributed by atoms with Crippen LogP contribution in [0, 0.1) is 0 Å². The highest BCUT2D eigenvalue weighted by Crippen LogP contribution is 2.41. The molecule has 0 atom stereocenters. The lowest BCUT2D eigenvalue weighted by Gasteiger charge is -2.09. The van der Waals surface area contributed by atoms with Crippen molar-refractivity contribution in [1.29, 1.82) is 0 Å². The summed E-state index contributed by atoms with van der Waals surface area (Å²) in [4.78, 5) is -0.0860. The van der Waals surface area contributed by atoms with Crippen molar-refractivity contribution in [2.45, 2.75) is 11.3 Å². The molecule has 114 valence electrons. The number of hydrogen-bond acceptors (Lipinski definition) is 2. The normalized spacial score (nSPS) is 12.7. The third kappa shape index (κ3) is 2.36. The largest absolute Gasteiger partial charge is 0.294 e. The highest BCUT2D eigenvalue weighted by molar-refractivity contribution is 7.85. The van der Waals surface area contributed by atoms with Crippen LogP contribution >= 0.6 is 0 Å². The van der Waals surface area contributed by atoms with Crippen LogP contribution in [0.2, 0.25) is 0 Å². The maximum atomic E-state index is 11.2. The van der Waals surface area contributed by atoms with Crippen molar-refractivity contribution in [3.05, 3.63) is 77.9 Å². The molecule has 1 aliphatic rings. The van der Waals surface area contributed by atoms with Gasteiger partial charge in [-0.3, -0.25) is 4.55 Å². The van der Waals surface area contributed by atoms with Crippen LogP contribution < -0.4 is 0 Å². The molecule has 0 amide bonds. The predicted octanol–water partition coefficient (Wildman–Crippen LogP) is 4.17. The zero-order valence-corrected chi connectivity index (χ0v) is 13.0. The van der Waals surface area contributed by atoms with E-state index in [4.69, 9.17) is 4.55 Å². The van der Waals surface area contributed by atoms with E-state index < -0.39 is 10.1 Å². The molecular weight excluding hydrogens is 308 g/mol. The summed E-state index contributed by atoms with van der Waals surface area (Å²) in [5.74, 6) is 0. The zero-order chi connectivity index (χ0) is 16.0. The molecule has 3 nitrogen and oxygen atoms in total. The molecule has 23 heavy (non-hydrogen) atoms. The Bertz CT molecular complexity index is 1000. The van der Waals surface area contributed by atoms with Gasteiger partial charge in [-0.05, 0) is 51.9 Å².